The van der Waals surface area contributed by atoms with Gasteiger partial charge in [0.15, 0.2) is 14.8 Å². The van der Waals surface area contributed by atoms with Crippen molar-refractivity contribution in [2.24, 2.45) is 5.41 Å². The van der Waals surface area contributed by atoms with Crippen LogP contribution >= 0.6 is 0 Å². The van der Waals surface area contributed by atoms with Gasteiger partial charge in [-0.2, -0.15) is 0 Å². The number of nitrogens with zero attached hydrogens (tertiary/aromatic N) is 4. The van der Waals surface area contributed by atoms with Crippen molar-refractivity contribution < 1.29 is 19.7 Å². The zero-order chi connectivity index (χ0) is 18.4. The van der Waals surface area contributed by atoms with Gasteiger partial charge in [-0.25, -0.2) is 0 Å². The molecule has 0 unspecified atom stereocenters. The van der Waals surface area contributed by atoms with Gasteiger partial charge in [-0.3, -0.25) is 40.5 Å². The average molecular weight is 330 g/mol. The van der Waals surface area contributed by atoms with E-state index < -0.39 is 36.4 Å². The van der Waals surface area contributed by atoms with Crippen LogP contribution in [0.2, 0.25) is 0 Å². The van der Waals surface area contributed by atoms with Crippen LogP contribution in [0.15, 0.2) is 23.3 Å². The van der Waals surface area contributed by atoms with Crippen LogP contribution in [0.4, 0.5) is 0 Å². The van der Waals surface area contributed by atoms with Crippen LogP contribution in [0.3, 0.4) is 0 Å². The molecular weight excluding hydrogens is 316 g/mol. The summed E-state index contributed by atoms with van der Waals surface area (Å²) in [7, 11) is 0. The summed E-state index contributed by atoms with van der Waals surface area (Å²) in [5.41, 5.74) is -4.29. The Morgan fingerprint density at radius 3 is 1.52 bits per heavy atom. The van der Waals surface area contributed by atoms with E-state index in [0.717, 1.165) is 26.0 Å². The molecule has 0 aromatic rings. The highest BCUT2D eigenvalue weighted by molar-refractivity contribution is 5.38. The minimum atomic E-state index is -3.78. The van der Waals surface area contributed by atoms with Crippen molar-refractivity contribution in [3.8, 4) is 0 Å². The van der Waals surface area contributed by atoms with Crippen molar-refractivity contribution in [3.05, 3.63) is 63.8 Å². The molecule has 23 heavy (non-hydrogen) atoms. The summed E-state index contributed by atoms with van der Waals surface area (Å²) in [6.45, 7) is 4.56. The highest BCUT2D eigenvalue weighted by Crippen LogP contribution is 2.48. The fraction of sp³-hybridized carbons (Fsp3) is 0.636. The number of hydrogen-bond acceptors (Lipinski definition) is 8. The maximum absolute atomic E-state index is 11.3. The third-order valence-electron chi connectivity index (χ3n) is 4.46. The average Bonchev–Trinajstić information content (AvgIpc) is 2.35. The quantitative estimate of drug-likeness (QED) is 0.315. The van der Waals surface area contributed by atoms with Crippen LogP contribution in [0.1, 0.15) is 27.7 Å². The van der Waals surface area contributed by atoms with E-state index in [-0.39, 0.29) is 11.1 Å². The topological polar surface area (TPSA) is 173 Å². The Kier molecular flexibility index (Phi) is 4.00. The normalized spacial score (nSPS) is 27.7. The number of hydrogen-bond donors (Lipinski definition) is 0. The molecular formula is C11H14N4O8. The lowest BCUT2D eigenvalue weighted by atomic mass is 9.68. The lowest BCUT2D eigenvalue weighted by Gasteiger charge is -2.33. The van der Waals surface area contributed by atoms with E-state index in [9.17, 15) is 40.5 Å². The van der Waals surface area contributed by atoms with E-state index in [4.69, 9.17) is 0 Å². The molecule has 0 saturated heterocycles. The molecule has 0 aromatic carbocycles. The largest absolute Gasteiger partial charge is 0.712 e. The van der Waals surface area contributed by atoms with Crippen molar-refractivity contribution in [2.75, 3.05) is 0 Å². The second kappa shape index (κ2) is 5.07. The van der Waals surface area contributed by atoms with Gasteiger partial charge in [0, 0.05) is 17.4 Å². The minimum Gasteiger partial charge on any atom is -0.263 e. The van der Waals surface area contributed by atoms with Gasteiger partial charge in [-0.1, -0.05) is 0 Å². The zero-order valence-electron chi connectivity index (χ0n) is 12.7. The van der Waals surface area contributed by atoms with Crippen LogP contribution in [0.25, 0.3) is 0 Å². The molecule has 126 valence electrons. The summed E-state index contributed by atoms with van der Waals surface area (Å²) < 4.78 is 0. The van der Waals surface area contributed by atoms with Crippen LogP contribution in [0.5, 0.6) is 0 Å². The number of nitro groups is 4. The molecule has 0 spiro atoms. The highest BCUT2D eigenvalue weighted by atomic mass is 16.7. The van der Waals surface area contributed by atoms with Crippen molar-refractivity contribution in [1.82, 2.24) is 0 Å². The van der Waals surface area contributed by atoms with E-state index in [1.165, 1.54) is 13.8 Å². The van der Waals surface area contributed by atoms with Gasteiger partial charge >= 0.3 is 5.79 Å². The Hall–Kier alpha value is -2.92. The molecule has 0 fully saturated rings. The Morgan fingerprint density at radius 2 is 1.22 bits per heavy atom. The third-order valence-corrected chi connectivity index (χ3v) is 4.46. The van der Waals surface area contributed by atoms with Gasteiger partial charge in [-0.15, -0.1) is 0 Å². The maximum atomic E-state index is 11.3. The molecule has 12 heteroatoms. The molecule has 0 amide bonds. The smallest absolute Gasteiger partial charge is 0.263 e. The maximum Gasteiger partial charge on any atom is 0.712 e. The van der Waals surface area contributed by atoms with Crippen molar-refractivity contribution in [1.29, 1.82) is 0 Å². The van der Waals surface area contributed by atoms with Crippen molar-refractivity contribution >= 4 is 0 Å². The standard InChI is InChI=1S/C11H14N4O8/c1-7-6-10(4,12(16)17)8(2)5-9(7,3)11(13(18)19,14(20)21)15(22)23/h5-6H,1-4H3/t9-,10-/m1/s1. The van der Waals surface area contributed by atoms with Crippen LogP contribution in [-0.4, -0.2) is 31.0 Å². The summed E-state index contributed by atoms with van der Waals surface area (Å²) in [6.07, 6.45) is 1.85. The first-order chi connectivity index (χ1) is 10.3. The fourth-order valence-electron chi connectivity index (χ4n) is 2.71. The third kappa shape index (κ3) is 2.05. The SMILES string of the molecule is CC1=C[C@@](C)(C([N+](=O)[O-])([N+](=O)[O-])[N+](=O)[O-])C(C)=C[C@@]1(C)[N+](=O)[O-]. The van der Waals surface area contributed by atoms with E-state index in [1.807, 2.05) is 0 Å². The minimum absolute atomic E-state index is 0.0643. The first-order valence-corrected chi connectivity index (χ1v) is 6.26. The fourth-order valence-corrected chi connectivity index (χ4v) is 2.71. The van der Waals surface area contributed by atoms with Crippen molar-refractivity contribution in [3.63, 3.8) is 0 Å². The van der Waals surface area contributed by atoms with Gasteiger partial charge in [0.2, 0.25) is 5.41 Å². The summed E-state index contributed by atoms with van der Waals surface area (Å²) >= 11 is 0. The Morgan fingerprint density at radius 1 is 0.826 bits per heavy atom. The highest BCUT2D eigenvalue weighted by Gasteiger charge is 2.83. The van der Waals surface area contributed by atoms with Gasteiger partial charge in [-0.05, 0) is 38.5 Å². The molecule has 0 aliphatic heterocycles. The van der Waals surface area contributed by atoms with Crippen LogP contribution in [-0.2, 0) is 0 Å². The molecule has 0 bridgehead atoms. The number of rotatable bonds is 5. The van der Waals surface area contributed by atoms with E-state index in [0.29, 0.717) is 0 Å². The molecule has 0 saturated carbocycles. The Labute approximate surface area is 129 Å². The molecule has 1 aliphatic rings. The van der Waals surface area contributed by atoms with Gasteiger partial charge in [0.05, 0.1) is 0 Å². The first-order valence-electron chi connectivity index (χ1n) is 6.26. The van der Waals surface area contributed by atoms with E-state index >= 15 is 0 Å². The summed E-state index contributed by atoms with van der Waals surface area (Å²) in [5, 5.41) is 45.1. The lowest BCUT2D eigenvalue weighted by Crippen LogP contribution is -2.64. The zero-order valence-corrected chi connectivity index (χ0v) is 12.7. The summed E-state index contributed by atoms with van der Waals surface area (Å²) in [4.78, 5) is 39.7. The molecule has 0 N–H and O–H groups in total. The van der Waals surface area contributed by atoms with Gasteiger partial charge in [0.25, 0.3) is 5.54 Å². The summed E-state index contributed by atoms with van der Waals surface area (Å²) in [6, 6.07) is 0. The molecule has 2 atom stereocenters. The Bertz CT molecular complexity index is 647. The molecule has 1 rings (SSSR count). The molecule has 0 radical (unpaired) electrons. The van der Waals surface area contributed by atoms with Crippen molar-refractivity contribution in [2.45, 2.75) is 39.0 Å². The van der Waals surface area contributed by atoms with Crippen LogP contribution in [0, 0.1) is 45.9 Å². The van der Waals surface area contributed by atoms with Gasteiger partial charge < -0.3 is 0 Å². The first kappa shape index (κ1) is 18.1. The Balaban J connectivity index is 3.83. The lowest BCUT2D eigenvalue weighted by molar-refractivity contribution is -0.982. The summed E-state index contributed by atoms with van der Waals surface area (Å²) in [5.74, 6) is -3.78. The van der Waals surface area contributed by atoms with E-state index in [2.05, 4.69) is 0 Å². The molecule has 12 nitrogen and oxygen atoms in total. The predicted molar refractivity (Wildman–Crippen MR) is 74.7 cm³/mol. The van der Waals surface area contributed by atoms with Gasteiger partial charge in [0.1, 0.15) is 0 Å². The molecule has 0 heterocycles. The monoisotopic (exact) mass is 330 g/mol. The van der Waals surface area contributed by atoms with Crippen LogP contribution < -0.4 is 0 Å². The van der Waals surface area contributed by atoms with E-state index in [1.54, 1.807) is 0 Å². The predicted octanol–water partition coefficient (Wildman–Crippen LogP) is 1.42. The second-order valence-electron chi connectivity index (χ2n) is 5.67. The second-order valence-corrected chi connectivity index (χ2v) is 5.67. The molecule has 1 aliphatic carbocycles. The molecule has 0 aromatic heterocycles.